The van der Waals surface area contributed by atoms with Crippen molar-refractivity contribution in [1.82, 2.24) is 0 Å². The standard InChI is InChI=1S/C14H13FIN/c1-10-4-2-5-11(8-10)9-17-13-7-3-6-12(15)14(13)16/h2-8,17H,9H2,1H3. The molecule has 0 saturated carbocycles. The summed E-state index contributed by atoms with van der Waals surface area (Å²) in [5.41, 5.74) is 3.27. The normalized spacial score (nSPS) is 10.3. The average Bonchev–Trinajstić information content (AvgIpc) is 2.31. The van der Waals surface area contributed by atoms with Crippen LogP contribution in [-0.2, 0) is 6.54 Å². The Bertz CT molecular complexity index is 525. The average molecular weight is 341 g/mol. The van der Waals surface area contributed by atoms with Gasteiger partial charge in [0.1, 0.15) is 5.82 Å². The van der Waals surface area contributed by atoms with Gasteiger partial charge in [0.15, 0.2) is 0 Å². The topological polar surface area (TPSA) is 12.0 Å². The number of benzene rings is 2. The molecule has 0 spiro atoms. The first-order chi connectivity index (χ1) is 8.16. The minimum atomic E-state index is -0.181. The summed E-state index contributed by atoms with van der Waals surface area (Å²) < 4.78 is 14.0. The maximum Gasteiger partial charge on any atom is 0.138 e. The van der Waals surface area contributed by atoms with E-state index in [1.165, 1.54) is 17.2 Å². The van der Waals surface area contributed by atoms with Crippen LogP contribution in [0.15, 0.2) is 42.5 Å². The summed E-state index contributed by atoms with van der Waals surface area (Å²) in [6.45, 7) is 2.77. The Morgan fingerprint density at radius 1 is 1.18 bits per heavy atom. The Hall–Kier alpha value is -1.10. The summed E-state index contributed by atoms with van der Waals surface area (Å²) >= 11 is 2.02. The van der Waals surface area contributed by atoms with Gasteiger partial charge >= 0.3 is 0 Å². The van der Waals surface area contributed by atoms with Crippen molar-refractivity contribution < 1.29 is 4.39 Å². The number of hydrogen-bond donors (Lipinski definition) is 1. The van der Waals surface area contributed by atoms with E-state index in [9.17, 15) is 4.39 Å². The molecule has 0 aromatic heterocycles. The van der Waals surface area contributed by atoms with Gasteiger partial charge in [0.25, 0.3) is 0 Å². The van der Waals surface area contributed by atoms with Crippen LogP contribution in [0.25, 0.3) is 0 Å². The Balaban J connectivity index is 2.10. The molecule has 0 unspecified atom stereocenters. The monoisotopic (exact) mass is 341 g/mol. The zero-order valence-electron chi connectivity index (χ0n) is 9.50. The van der Waals surface area contributed by atoms with Crippen LogP contribution in [-0.4, -0.2) is 0 Å². The molecule has 0 aliphatic heterocycles. The highest BCUT2D eigenvalue weighted by Crippen LogP contribution is 2.21. The second kappa shape index (κ2) is 5.49. The molecule has 0 bridgehead atoms. The third kappa shape index (κ3) is 3.19. The van der Waals surface area contributed by atoms with E-state index in [0.717, 1.165) is 5.69 Å². The predicted octanol–water partition coefficient (Wildman–Crippen LogP) is 4.35. The Kier molecular flexibility index (Phi) is 3.99. The van der Waals surface area contributed by atoms with Crippen LogP contribution in [0, 0.1) is 16.3 Å². The highest BCUT2D eigenvalue weighted by atomic mass is 127. The van der Waals surface area contributed by atoms with Gasteiger partial charge in [-0.3, -0.25) is 0 Å². The zero-order valence-corrected chi connectivity index (χ0v) is 11.7. The highest BCUT2D eigenvalue weighted by Gasteiger charge is 2.04. The van der Waals surface area contributed by atoms with Gasteiger partial charge in [0, 0.05) is 6.54 Å². The molecule has 0 atom stereocenters. The van der Waals surface area contributed by atoms with E-state index in [1.807, 2.05) is 34.7 Å². The fourth-order valence-corrected chi connectivity index (χ4v) is 2.21. The Labute approximate surface area is 114 Å². The number of nitrogens with one attached hydrogen (secondary N) is 1. The molecule has 0 aliphatic rings. The minimum absolute atomic E-state index is 0.181. The molecule has 1 nitrogen and oxygen atoms in total. The van der Waals surface area contributed by atoms with Gasteiger partial charge in [-0.2, -0.15) is 0 Å². The van der Waals surface area contributed by atoms with Crippen LogP contribution in [0.3, 0.4) is 0 Å². The van der Waals surface area contributed by atoms with Crippen molar-refractivity contribution in [3.63, 3.8) is 0 Å². The zero-order chi connectivity index (χ0) is 12.3. The van der Waals surface area contributed by atoms with Gasteiger partial charge in [0.2, 0.25) is 0 Å². The fourth-order valence-electron chi connectivity index (χ4n) is 1.66. The molecular weight excluding hydrogens is 328 g/mol. The van der Waals surface area contributed by atoms with Gasteiger partial charge < -0.3 is 5.32 Å². The van der Waals surface area contributed by atoms with Gasteiger partial charge in [0.05, 0.1) is 9.26 Å². The molecule has 88 valence electrons. The number of hydrogen-bond acceptors (Lipinski definition) is 1. The van der Waals surface area contributed by atoms with E-state index in [0.29, 0.717) is 10.1 Å². The van der Waals surface area contributed by atoms with E-state index in [1.54, 1.807) is 6.07 Å². The predicted molar refractivity (Wildman–Crippen MR) is 77.6 cm³/mol. The van der Waals surface area contributed by atoms with Gasteiger partial charge in [-0.1, -0.05) is 35.9 Å². The molecule has 0 amide bonds. The smallest absolute Gasteiger partial charge is 0.138 e. The molecule has 0 radical (unpaired) electrons. The summed E-state index contributed by atoms with van der Waals surface area (Å²) in [5, 5.41) is 3.25. The van der Waals surface area contributed by atoms with E-state index in [2.05, 4.69) is 30.4 Å². The van der Waals surface area contributed by atoms with E-state index in [4.69, 9.17) is 0 Å². The second-order valence-electron chi connectivity index (χ2n) is 3.94. The van der Waals surface area contributed by atoms with Crippen molar-refractivity contribution in [1.29, 1.82) is 0 Å². The number of anilines is 1. The SMILES string of the molecule is Cc1cccc(CNc2cccc(F)c2I)c1. The maximum atomic E-state index is 13.3. The molecule has 1 N–H and O–H groups in total. The molecule has 0 aliphatic carbocycles. The molecule has 0 fully saturated rings. The summed E-state index contributed by atoms with van der Waals surface area (Å²) in [6, 6.07) is 13.4. The molecule has 2 aromatic rings. The fraction of sp³-hybridized carbons (Fsp3) is 0.143. The highest BCUT2D eigenvalue weighted by molar-refractivity contribution is 14.1. The second-order valence-corrected chi connectivity index (χ2v) is 5.02. The van der Waals surface area contributed by atoms with E-state index in [-0.39, 0.29) is 5.82 Å². The first-order valence-electron chi connectivity index (χ1n) is 5.40. The van der Waals surface area contributed by atoms with Crippen molar-refractivity contribution in [3.8, 4) is 0 Å². The van der Waals surface area contributed by atoms with Crippen LogP contribution in [0.5, 0.6) is 0 Å². The summed E-state index contributed by atoms with van der Waals surface area (Å²) in [6.07, 6.45) is 0. The quantitative estimate of drug-likeness (QED) is 0.819. The molecule has 0 heterocycles. The van der Waals surface area contributed by atoms with Crippen molar-refractivity contribution in [2.75, 3.05) is 5.32 Å². The molecule has 2 rings (SSSR count). The molecular formula is C14H13FIN. The summed E-state index contributed by atoms with van der Waals surface area (Å²) in [7, 11) is 0. The maximum absolute atomic E-state index is 13.3. The third-order valence-corrected chi connectivity index (χ3v) is 3.61. The molecule has 3 heteroatoms. The van der Waals surface area contributed by atoms with Crippen LogP contribution in [0.1, 0.15) is 11.1 Å². The summed E-state index contributed by atoms with van der Waals surface area (Å²) in [4.78, 5) is 0. The van der Waals surface area contributed by atoms with Crippen LogP contribution in [0.2, 0.25) is 0 Å². The van der Waals surface area contributed by atoms with Crippen molar-refractivity contribution in [2.45, 2.75) is 13.5 Å². The number of halogens is 2. The Morgan fingerprint density at radius 3 is 2.71 bits per heavy atom. The van der Waals surface area contributed by atoms with Crippen molar-refractivity contribution >= 4 is 28.3 Å². The molecule has 17 heavy (non-hydrogen) atoms. The number of aryl methyl sites for hydroxylation is 1. The Morgan fingerprint density at radius 2 is 1.94 bits per heavy atom. The first kappa shape index (κ1) is 12.4. The lowest BCUT2D eigenvalue weighted by atomic mass is 10.1. The minimum Gasteiger partial charge on any atom is -0.380 e. The lowest BCUT2D eigenvalue weighted by molar-refractivity contribution is 0.621. The number of rotatable bonds is 3. The van der Waals surface area contributed by atoms with Crippen molar-refractivity contribution in [3.05, 3.63) is 63.0 Å². The summed E-state index contributed by atoms with van der Waals surface area (Å²) in [5.74, 6) is -0.181. The van der Waals surface area contributed by atoms with Crippen LogP contribution in [0.4, 0.5) is 10.1 Å². The lowest BCUT2D eigenvalue weighted by Gasteiger charge is -2.09. The van der Waals surface area contributed by atoms with Crippen LogP contribution < -0.4 is 5.32 Å². The largest absolute Gasteiger partial charge is 0.380 e. The third-order valence-electron chi connectivity index (χ3n) is 2.52. The van der Waals surface area contributed by atoms with Gasteiger partial charge in [-0.05, 0) is 47.2 Å². The van der Waals surface area contributed by atoms with Crippen LogP contribution >= 0.6 is 22.6 Å². The molecule has 2 aromatic carbocycles. The van der Waals surface area contributed by atoms with Gasteiger partial charge in [-0.25, -0.2) is 4.39 Å². The molecule has 0 saturated heterocycles. The van der Waals surface area contributed by atoms with E-state index >= 15 is 0 Å². The lowest BCUT2D eigenvalue weighted by Crippen LogP contribution is -2.02. The first-order valence-corrected chi connectivity index (χ1v) is 6.48. The van der Waals surface area contributed by atoms with Crippen molar-refractivity contribution in [2.24, 2.45) is 0 Å². The van der Waals surface area contributed by atoms with E-state index < -0.39 is 0 Å². The van der Waals surface area contributed by atoms with Gasteiger partial charge in [-0.15, -0.1) is 0 Å².